The highest BCUT2D eigenvalue weighted by atomic mass is 35.5. The molecule has 0 aliphatic carbocycles. The molecule has 3 rings (SSSR count). The van der Waals surface area contributed by atoms with E-state index in [1.807, 2.05) is 19.1 Å². The molecule has 2 aromatic heterocycles. The summed E-state index contributed by atoms with van der Waals surface area (Å²) in [6, 6.07) is 5.63. The molecule has 0 aliphatic heterocycles. The Balaban J connectivity index is 1.98. The smallest absolute Gasteiger partial charge is 0.341 e. The molecule has 2 heterocycles. The van der Waals surface area contributed by atoms with Crippen molar-refractivity contribution in [1.29, 1.82) is 0 Å². The van der Waals surface area contributed by atoms with E-state index in [1.54, 1.807) is 13.0 Å². The second kappa shape index (κ2) is 6.38. The highest BCUT2D eigenvalue weighted by Crippen LogP contribution is 2.31. The molecule has 6 heteroatoms. The summed E-state index contributed by atoms with van der Waals surface area (Å²) in [4.78, 5) is 20.1. The quantitative estimate of drug-likeness (QED) is 0.668. The van der Waals surface area contributed by atoms with Crippen molar-refractivity contribution >= 4 is 28.5 Å². The number of ether oxygens (including phenoxy) is 1. The van der Waals surface area contributed by atoms with Crippen LogP contribution in [0.3, 0.4) is 0 Å². The van der Waals surface area contributed by atoms with E-state index >= 15 is 0 Å². The fourth-order valence-corrected chi connectivity index (χ4v) is 2.53. The third-order valence-corrected chi connectivity index (χ3v) is 3.67. The standard InChI is InChI=1S/C17H15ClN2O3/c1-3-13-6-10-5-11(7-14(18)15(10)23-13)16-19-8-12(9-20-16)17(21)22-4-2/h5-9H,3-4H2,1-2H3. The predicted molar refractivity (Wildman–Crippen MR) is 87.6 cm³/mol. The summed E-state index contributed by atoms with van der Waals surface area (Å²) in [5.74, 6) is 0.925. The SMILES string of the molecule is CCOC(=O)c1cnc(-c2cc(Cl)c3oc(CC)cc3c2)nc1. The average Bonchev–Trinajstić information content (AvgIpc) is 2.99. The number of furan rings is 1. The topological polar surface area (TPSA) is 65.2 Å². The highest BCUT2D eigenvalue weighted by molar-refractivity contribution is 6.35. The van der Waals surface area contributed by atoms with E-state index in [1.165, 1.54) is 12.4 Å². The molecular weight excluding hydrogens is 316 g/mol. The van der Waals surface area contributed by atoms with Crippen LogP contribution in [-0.2, 0) is 11.2 Å². The number of nitrogens with zero attached hydrogens (tertiary/aromatic N) is 2. The molecule has 5 nitrogen and oxygen atoms in total. The molecule has 0 N–H and O–H groups in total. The van der Waals surface area contributed by atoms with Crippen LogP contribution in [0.2, 0.25) is 5.02 Å². The molecule has 3 aromatic rings. The Morgan fingerprint density at radius 2 is 1.96 bits per heavy atom. The maximum absolute atomic E-state index is 11.6. The van der Waals surface area contributed by atoms with Crippen molar-refractivity contribution in [2.24, 2.45) is 0 Å². The van der Waals surface area contributed by atoms with Crippen LogP contribution in [0.25, 0.3) is 22.4 Å². The predicted octanol–water partition coefficient (Wildman–Crippen LogP) is 4.28. The van der Waals surface area contributed by atoms with Gasteiger partial charge in [0.15, 0.2) is 11.4 Å². The molecule has 0 spiro atoms. The van der Waals surface area contributed by atoms with Gasteiger partial charge in [-0.3, -0.25) is 0 Å². The minimum absolute atomic E-state index is 0.313. The molecule has 0 aliphatic rings. The maximum atomic E-state index is 11.6. The molecule has 0 amide bonds. The number of benzene rings is 1. The van der Waals surface area contributed by atoms with Crippen LogP contribution >= 0.6 is 11.6 Å². The number of carbonyl (C=O) groups excluding carboxylic acids is 1. The zero-order chi connectivity index (χ0) is 16.4. The van der Waals surface area contributed by atoms with Crippen molar-refractivity contribution in [2.45, 2.75) is 20.3 Å². The summed E-state index contributed by atoms with van der Waals surface area (Å²) in [5.41, 5.74) is 1.75. The lowest BCUT2D eigenvalue weighted by Gasteiger charge is -2.04. The van der Waals surface area contributed by atoms with Gasteiger partial charge in [-0.2, -0.15) is 0 Å². The molecule has 0 atom stereocenters. The first kappa shape index (κ1) is 15.5. The van der Waals surface area contributed by atoms with Crippen molar-refractivity contribution in [2.75, 3.05) is 6.61 Å². The van der Waals surface area contributed by atoms with Crippen LogP contribution in [-0.4, -0.2) is 22.5 Å². The Labute approximate surface area is 138 Å². The first-order chi connectivity index (χ1) is 11.1. The van der Waals surface area contributed by atoms with Gasteiger partial charge in [0, 0.05) is 29.8 Å². The van der Waals surface area contributed by atoms with Gasteiger partial charge < -0.3 is 9.15 Å². The summed E-state index contributed by atoms with van der Waals surface area (Å²) < 4.78 is 10.6. The number of hydrogen-bond donors (Lipinski definition) is 0. The van der Waals surface area contributed by atoms with Crippen molar-refractivity contribution in [3.05, 3.63) is 46.9 Å². The lowest BCUT2D eigenvalue weighted by atomic mass is 10.1. The van der Waals surface area contributed by atoms with Gasteiger partial charge in [0.05, 0.1) is 17.2 Å². The Morgan fingerprint density at radius 3 is 2.61 bits per heavy atom. The molecule has 0 saturated heterocycles. The molecule has 0 unspecified atom stereocenters. The second-order valence-corrected chi connectivity index (χ2v) is 5.37. The minimum Gasteiger partial charge on any atom is -0.462 e. The fourth-order valence-electron chi connectivity index (χ4n) is 2.26. The van der Waals surface area contributed by atoms with E-state index in [0.29, 0.717) is 28.6 Å². The molecule has 0 fully saturated rings. The van der Waals surface area contributed by atoms with Crippen molar-refractivity contribution in [3.8, 4) is 11.4 Å². The van der Waals surface area contributed by atoms with Crippen molar-refractivity contribution < 1.29 is 13.9 Å². The summed E-state index contributed by atoms with van der Waals surface area (Å²) >= 11 is 6.28. The van der Waals surface area contributed by atoms with Gasteiger partial charge in [0.2, 0.25) is 0 Å². The number of esters is 1. The molecule has 0 radical (unpaired) electrons. The van der Waals surface area contributed by atoms with Crippen LogP contribution in [0.5, 0.6) is 0 Å². The van der Waals surface area contributed by atoms with Gasteiger partial charge in [-0.15, -0.1) is 0 Å². The summed E-state index contributed by atoms with van der Waals surface area (Å²) in [6.07, 6.45) is 3.70. The Morgan fingerprint density at radius 1 is 1.22 bits per heavy atom. The zero-order valence-electron chi connectivity index (χ0n) is 12.8. The Bertz CT molecular complexity index is 856. The third kappa shape index (κ3) is 3.05. The van der Waals surface area contributed by atoms with Gasteiger partial charge in [-0.05, 0) is 25.1 Å². The lowest BCUT2D eigenvalue weighted by Crippen LogP contribution is -2.06. The van der Waals surface area contributed by atoms with Crippen molar-refractivity contribution in [1.82, 2.24) is 9.97 Å². The Kier molecular flexibility index (Phi) is 4.30. The maximum Gasteiger partial charge on any atom is 0.341 e. The number of fused-ring (bicyclic) bond motifs is 1. The number of halogens is 1. The monoisotopic (exact) mass is 330 g/mol. The average molecular weight is 331 g/mol. The fraction of sp³-hybridized carbons (Fsp3) is 0.235. The van der Waals surface area contributed by atoms with E-state index in [2.05, 4.69) is 9.97 Å². The lowest BCUT2D eigenvalue weighted by molar-refractivity contribution is 0.0525. The zero-order valence-corrected chi connectivity index (χ0v) is 13.6. The van der Waals surface area contributed by atoms with E-state index in [9.17, 15) is 4.79 Å². The van der Waals surface area contributed by atoms with Gasteiger partial charge in [0.1, 0.15) is 5.76 Å². The first-order valence-electron chi connectivity index (χ1n) is 7.33. The van der Waals surface area contributed by atoms with Crippen LogP contribution < -0.4 is 0 Å². The highest BCUT2D eigenvalue weighted by Gasteiger charge is 2.12. The van der Waals surface area contributed by atoms with Crippen molar-refractivity contribution in [3.63, 3.8) is 0 Å². The van der Waals surface area contributed by atoms with Gasteiger partial charge in [-0.1, -0.05) is 18.5 Å². The van der Waals surface area contributed by atoms with Crippen LogP contribution in [0, 0.1) is 0 Å². The largest absolute Gasteiger partial charge is 0.462 e. The summed E-state index contributed by atoms with van der Waals surface area (Å²) in [7, 11) is 0. The molecule has 0 bridgehead atoms. The number of rotatable bonds is 4. The minimum atomic E-state index is -0.435. The molecular formula is C17H15ClN2O3. The van der Waals surface area contributed by atoms with E-state index in [0.717, 1.165) is 23.1 Å². The van der Waals surface area contributed by atoms with Crippen LogP contribution in [0.4, 0.5) is 0 Å². The first-order valence-corrected chi connectivity index (χ1v) is 7.71. The van der Waals surface area contributed by atoms with E-state index in [-0.39, 0.29) is 0 Å². The van der Waals surface area contributed by atoms with Gasteiger partial charge in [-0.25, -0.2) is 14.8 Å². The number of aromatic nitrogens is 2. The molecule has 23 heavy (non-hydrogen) atoms. The number of aryl methyl sites for hydroxylation is 1. The number of hydrogen-bond acceptors (Lipinski definition) is 5. The van der Waals surface area contributed by atoms with E-state index in [4.69, 9.17) is 20.8 Å². The normalized spacial score (nSPS) is 10.9. The molecule has 118 valence electrons. The second-order valence-electron chi connectivity index (χ2n) is 4.96. The van der Waals surface area contributed by atoms with Crippen LogP contribution in [0.15, 0.2) is 35.0 Å². The van der Waals surface area contributed by atoms with E-state index < -0.39 is 5.97 Å². The summed E-state index contributed by atoms with van der Waals surface area (Å²) in [5, 5.41) is 1.41. The molecule has 1 aromatic carbocycles. The van der Waals surface area contributed by atoms with Gasteiger partial charge in [0.25, 0.3) is 0 Å². The number of carbonyl (C=O) groups is 1. The van der Waals surface area contributed by atoms with Gasteiger partial charge >= 0.3 is 5.97 Å². The molecule has 0 saturated carbocycles. The summed E-state index contributed by atoms with van der Waals surface area (Å²) in [6.45, 7) is 4.08. The Hall–Kier alpha value is -2.40. The third-order valence-electron chi connectivity index (χ3n) is 3.39. The van der Waals surface area contributed by atoms with Crippen LogP contribution in [0.1, 0.15) is 30.0 Å².